The average molecular weight is 353 g/mol. The van der Waals surface area contributed by atoms with E-state index in [1.54, 1.807) is 0 Å². The molecular weight excluding hydrogens is 334 g/mol. The normalized spacial score (nSPS) is 25.2. The molecule has 2 aromatic rings. The van der Waals surface area contributed by atoms with Gasteiger partial charge in [-0.2, -0.15) is 0 Å². The number of allylic oxidation sites excluding steroid dienone is 4. The molecule has 2 aliphatic heterocycles. The van der Waals surface area contributed by atoms with Gasteiger partial charge in [0.05, 0.1) is 0 Å². The fraction of sp³-hybridized carbons (Fsp3) is 0.421. The fourth-order valence-electron chi connectivity index (χ4n) is 4.09. The highest BCUT2D eigenvalue weighted by Gasteiger charge is 2.44. The number of fused-ring (bicyclic) bond motifs is 1. The lowest BCUT2D eigenvalue weighted by molar-refractivity contribution is -0.124. The number of Topliss-reactive ketones (excluding diaryl/α,β-unsaturated/α-hetero) is 1. The predicted octanol–water partition coefficient (Wildman–Crippen LogP) is 3.90. The Hall–Kier alpha value is -2.08. The number of aromatic nitrogens is 2. The highest BCUT2D eigenvalue weighted by molar-refractivity contribution is 8.03. The predicted molar refractivity (Wildman–Crippen MR) is 96.8 cm³/mol. The minimum Gasteiger partial charge on any atom is -0.361 e. The van der Waals surface area contributed by atoms with Crippen LogP contribution in [0.3, 0.4) is 0 Å². The van der Waals surface area contributed by atoms with Crippen LogP contribution in [-0.2, 0) is 4.79 Å². The van der Waals surface area contributed by atoms with Crippen molar-refractivity contribution in [1.82, 2.24) is 15.6 Å². The number of hydrogen-bond donors (Lipinski definition) is 1. The molecule has 1 unspecified atom stereocenters. The number of thioether (sulfide) groups is 1. The van der Waals surface area contributed by atoms with E-state index < -0.39 is 0 Å². The molecule has 3 aliphatic rings. The molecule has 128 valence electrons. The molecule has 5 nitrogen and oxygen atoms in total. The molecule has 5 rings (SSSR count). The van der Waals surface area contributed by atoms with Crippen molar-refractivity contribution in [2.45, 2.75) is 39.0 Å². The van der Waals surface area contributed by atoms with E-state index >= 15 is 0 Å². The maximum atomic E-state index is 13.3. The largest absolute Gasteiger partial charge is 0.361 e. The van der Waals surface area contributed by atoms with Gasteiger partial charge >= 0.3 is 0 Å². The molecule has 1 aliphatic carbocycles. The molecule has 1 aromatic heterocycles. The molecule has 1 atom stereocenters. The van der Waals surface area contributed by atoms with Crippen molar-refractivity contribution in [3.8, 4) is 0 Å². The van der Waals surface area contributed by atoms with E-state index in [0.717, 1.165) is 52.9 Å². The van der Waals surface area contributed by atoms with Gasteiger partial charge in [-0.1, -0.05) is 19.9 Å². The number of nitrogens with one attached hydrogen (secondary N) is 1. The van der Waals surface area contributed by atoms with Gasteiger partial charge in [0.2, 0.25) is 0 Å². The van der Waals surface area contributed by atoms with E-state index in [4.69, 9.17) is 4.63 Å². The number of nitrogens with zero attached hydrogens (tertiary/aromatic N) is 2. The fourth-order valence-corrected chi connectivity index (χ4v) is 5.36. The van der Waals surface area contributed by atoms with Crippen molar-refractivity contribution in [3.05, 3.63) is 45.6 Å². The van der Waals surface area contributed by atoms with Gasteiger partial charge in [0.1, 0.15) is 11.0 Å². The van der Waals surface area contributed by atoms with Crippen molar-refractivity contribution < 1.29 is 9.42 Å². The standard InChI is InChI=1S/C19H19N3O2S/c1-19(2)7-5-12-16(18(19)23)15(17-13(20-12)6-8-25-17)10-3-4-11-14(9-10)22-24-21-11/h3-4,9,15,20H,5-8H2,1-2H3. The van der Waals surface area contributed by atoms with Crippen molar-refractivity contribution >= 4 is 28.6 Å². The summed E-state index contributed by atoms with van der Waals surface area (Å²) in [7, 11) is 0. The Bertz CT molecular complexity index is 970. The molecule has 0 saturated carbocycles. The van der Waals surface area contributed by atoms with E-state index in [9.17, 15) is 4.79 Å². The number of benzene rings is 1. The summed E-state index contributed by atoms with van der Waals surface area (Å²) in [6, 6.07) is 6.01. The van der Waals surface area contributed by atoms with E-state index in [1.807, 2.05) is 23.9 Å². The summed E-state index contributed by atoms with van der Waals surface area (Å²) in [5.74, 6) is 1.34. The lowest BCUT2D eigenvalue weighted by atomic mass is 9.69. The van der Waals surface area contributed by atoms with Crippen LogP contribution in [0.5, 0.6) is 0 Å². The second kappa shape index (κ2) is 5.21. The molecule has 0 saturated heterocycles. The molecule has 0 radical (unpaired) electrons. The van der Waals surface area contributed by atoms with Gasteiger partial charge in [-0.3, -0.25) is 4.79 Å². The van der Waals surface area contributed by atoms with Gasteiger partial charge in [0, 0.05) is 39.0 Å². The van der Waals surface area contributed by atoms with Crippen LogP contribution in [0.4, 0.5) is 0 Å². The maximum Gasteiger partial charge on any atom is 0.167 e. The van der Waals surface area contributed by atoms with E-state index in [-0.39, 0.29) is 17.1 Å². The molecule has 1 N–H and O–H groups in total. The van der Waals surface area contributed by atoms with Crippen molar-refractivity contribution in [3.63, 3.8) is 0 Å². The second-order valence-electron chi connectivity index (χ2n) is 7.62. The highest BCUT2D eigenvalue weighted by atomic mass is 32.2. The zero-order valence-electron chi connectivity index (χ0n) is 14.3. The van der Waals surface area contributed by atoms with Gasteiger partial charge < -0.3 is 5.32 Å². The topological polar surface area (TPSA) is 68.0 Å². The lowest BCUT2D eigenvalue weighted by Gasteiger charge is -2.39. The first-order chi connectivity index (χ1) is 12.0. The first kappa shape index (κ1) is 15.2. The van der Waals surface area contributed by atoms with Gasteiger partial charge in [-0.05, 0) is 47.3 Å². The van der Waals surface area contributed by atoms with Crippen molar-refractivity contribution in [1.29, 1.82) is 0 Å². The molecule has 3 heterocycles. The zero-order chi connectivity index (χ0) is 17.2. The number of carbonyl (C=O) groups is 1. The Morgan fingerprint density at radius 1 is 1.20 bits per heavy atom. The monoisotopic (exact) mass is 353 g/mol. The first-order valence-corrected chi connectivity index (χ1v) is 9.66. The number of rotatable bonds is 1. The Morgan fingerprint density at radius 2 is 2.04 bits per heavy atom. The van der Waals surface area contributed by atoms with Crippen LogP contribution in [0.25, 0.3) is 11.0 Å². The minimum atomic E-state index is -0.306. The number of carbonyl (C=O) groups excluding carboxylic acids is 1. The third kappa shape index (κ3) is 2.20. The Morgan fingerprint density at radius 3 is 2.92 bits per heavy atom. The smallest absolute Gasteiger partial charge is 0.167 e. The third-order valence-corrected chi connectivity index (χ3v) is 6.76. The van der Waals surface area contributed by atoms with Crippen LogP contribution >= 0.6 is 11.8 Å². The Kier molecular flexibility index (Phi) is 3.17. The molecule has 25 heavy (non-hydrogen) atoms. The van der Waals surface area contributed by atoms with Gasteiger partial charge in [0.25, 0.3) is 0 Å². The molecule has 0 amide bonds. The summed E-state index contributed by atoms with van der Waals surface area (Å²) in [6.07, 6.45) is 2.87. The van der Waals surface area contributed by atoms with Crippen LogP contribution in [0.1, 0.15) is 44.6 Å². The first-order valence-electron chi connectivity index (χ1n) is 8.67. The number of hydrogen-bond acceptors (Lipinski definition) is 6. The van der Waals surface area contributed by atoms with Gasteiger partial charge in [-0.15, -0.1) is 11.8 Å². The van der Waals surface area contributed by atoms with Crippen molar-refractivity contribution in [2.75, 3.05) is 5.75 Å². The van der Waals surface area contributed by atoms with Crippen LogP contribution in [0, 0.1) is 5.41 Å². The van der Waals surface area contributed by atoms with Gasteiger partial charge in [-0.25, -0.2) is 4.63 Å². The zero-order valence-corrected chi connectivity index (χ0v) is 15.1. The third-order valence-electron chi connectivity index (χ3n) is 5.56. The second-order valence-corrected chi connectivity index (χ2v) is 8.75. The SMILES string of the molecule is CC1(C)CCC2=C(C1=O)C(c1ccc3nonc3c1)C1=C(CCS1)N2. The molecular formula is C19H19N3O2S. The van der Waals surface area contributed by atoms with Crippen LogP contribution in [0.15, 0.2) is 44.7 Å². The molecule has 0 spiro atoms. The molecule has 6 heteroatoms. The van der Waals surface area contributed by atoms with Crippen molar-refractivity contribution in [2.24, 2.45) is 5.41 Å². The average Bonchev–Trinajstić information content (AvgIpc) is 3.24. The summed E-state index contributed by atoms with van der Waals surface area (Å²) < 4.78 is 4.85. The Balaban J connectivity index is 1.70. The molecule has 0 fully saturated rings. The summed E-state index contributed by atoms with van der Waals surface area (Å²) in [4.78, 5) is 14.6. The van der Waals surface area contributed by atoms with Crippen LogP contribution < -0.4 is 5.32 Å². The summed E-state index contributed by atoms with van der Waals surface area (Å²) in [6.45, 7) is 4.12. The minimum absolute atomic E-state index is 0.00641. The van der Waals surface area contributed by atoms with Gasteiger partial charge in [0.15, 0.2) is 5.78 Å². The molecule has 0 bridgehead atoms. The number of ketones is 1. The molecule has 1 aromatic carbocycles. The van der Waals surface area contributed by atoms with E-state index in [0.29, 0.717) is 0 Å². The quantitative estimate of drug-likeness (QED) is 0.838. The van der Waals surface area contributed by atoms with E-state index in [1.165, 1.54) is 10.6 Å². The van der Waals surface area contributed by atoms with E-state index in [2.05, 4.69) is 35.5 Å². The summed E-state index contributed by atoms with van der Waals surface area (Å²) in [5.41, 5.74) is 5.64. The highest BCUT2D eigenvalue weighted by Crippen LogP contribution is 2.52. The number of dihydropyridines is 1. The summed E-state index contributed by atoms with van der Waals surface area (Å²) >= 11 is 1.87. The maximum absolute atomic E-state index is 13.3. The van der Waals surface area contributed by atoms with Crippen LogP contribution in [-0.4, -0.2) is 21.8 Å². The summed E-state index contributed by atoms with van der Waals surface area (Å²) in [5, 5.41) is 11.5. The lowest BCUT2D eigenvalue weighted by Crippen LogP contribution is -2.38. The van der Waals surface area contributed by atoms with Crippen LogP contribution in [0.2, 0.25) is 0 Å². The Labute approximate surface area is 149 Å².